The minimum absolute atomic E-state index is 0.00229. The van der Waals surface area contributed by atoms with Gasteiger partial charge in [0, 0.05) is 24.3 Å². The van der Waals surface area contributed by atoms with Crippen LogP contribution in [0.3, 0.4) is 0 Å². The van der Waals surface area contributed by atoms with Crippen molar-refractivity contribution < 1.29 is 4.79 Å². The van der Waals surface area contributed by atoms with Crippen LogP contribution in [0.5, 0.6) is 0 Å². The molecule has 0 fully saturated rings. The highest BCUT2D eigenvalue weighted by Gasteiger charge is 2.28. The van der Waals surface area contributed by atoms with Crippen LogP contribution in [0.25, 0.3) is 0 Å². The van der Waals surface area contributed by atoms with E-state index in [1.807, 2.05) is 61.3 Å². The SMILES string of the molecule is C[C@@H](c1ccc(Cl)cc1)N(C)C(=O)N1CCc2ccccc21. The van der Waals surface area contributed by atoms with Crippen molar-refractivity contribution in [1.82, 2.24) is 4.90 Å². The molecule has 1 aliphatic rings. The number of fused-ring (bicyclic) bond motifs is 1. The van der Waals surface area contributed by atoms with Crippen molar-refractivity contribution in [3.63, 3.8) is 0 Å². The molecule has 0 bridgehead atoms. The van der Waals surface area contributed by atoms with Gasteiger partial charge >= 0.3 is 6.03 Å². The molecule has 0 radical (unpaired) electrons. The Morgan fingerprint density at radius 3 is 2.59 bits per heavy atom. The number of nitrogens with zero attached hydrogens (tertiary/aromatic N) is 2. The maximum atomic E-state index is 12.8. The molecule has 0 saturated carbocycles. The second-order valence-electron chi connectivity index (χ2n) is 5.65. The van der Waals surface area contributed by atoms with Gasteiger partial charge in [0.1, 0.15) is 0 Å². The van der Waals surface area contributed by atoms with Crippen LogP contribution in [0, 0.1) is 0 Å². The zero-order chi connectivity index (χ0) is 15.7. The number of rotatable bonds is 2. The maximum Gasteiger partial charge on any atom is 0.324 e. The van der Waals surface area contributed by atoms with E-state index in [1.165, 1.54) is 5.56 Å². The van der Waals surface area contributed by atoms with Crippen molar-refractivity contribution in [2.24, 2.45) is 0 Å². The molecule has 1 aliphatic heterocycles. The van der Waals surface area contributed by atoms with Crippen LogP contribution in [0.2, 0.25) is 5.02 Å². The Labute approximate surface area is 136 Å². The Kier molecular flexibility index (Phi) is 4.08. The number of carbonyl (C=O) groups excluding carboxylic acids is 1. The summed E-state index contributed by atoms with van der Waals surface area (Å²) in [6.07, 6.45) is 0.922. The monoisotopic (exact) mass is 314 g/mol. The molecule has 114 valence electrons. The van der Waals surface area contributed by atoms with Crippen LogP contribution in [-0.4, -0.2) is 24.5 Å². The number of urea groups is 1. The first-order valence-electron chi connectivity index (χ1n) is 7.45. The van der Waals surface area contributed by atoms with Crippen molar-refractivity contribution >= 4 is 23.3 Å². The maximum absolute atomic E-state index is 12.8. The van der Waals surface area contributed by atoms with Crippen molar-refractivity contribution in [2.45, 2.75) is 19.4 Å². The molecule has 0 saturated heterocycles. The summed E-state index contributed by atoms with van der Waals surface area (Å²) in [4.78, 5) is 16.5. The fourth-order valence-corrected chi connectivity index (χ4v) is 2.98. The van der Waals surface area contributed by atoms with Gasteiger partial charge in [-0.2, -0.15) is 0 Å². The Balaban J connectivity index is 1.79. The fourth-order valence-electron chi connectivity index (χ4n) is 2.86. The number of amides is 2. The Hall–Kier alpha value is -2.00. The summed E-state index contributed by atoms with van der Waals surface area (Å²) >= 11 is 5.93. The molecule has 2 amide bonds. The number of hydrogen-bond donors (Lipinski definition) is 0. The minimum atomic E-state index is -0.00229. The average molecular weight is 315 g/mol. The van der Waals surface area contributed by atoms with E-state index in [2.05, 4.69) is 6.07 Å². The summed E-state index contributed by atoms with van der Waals surface area (Å²) in [7, 11) is 1.85. The normalized spacial score (nSPS) is 14.6. The molecular weight excluding hydrogens is 296 g/mol. The summed E-state index contributed by atoms with van der Waals surface area (Å²) in [5.74, 6) is 0. The van der Waals surface area contributed by atoms with Crippen molar-refractivity contribution in [3.8, 4) is 0 Å². The minimum Gasteiger partial charge on any atom is -0.321 e. The number of carbonyl (C=O) groups is 1. The first-order chi connectivity index (χ1) is 10.6. The van der Waals surface area contributed by atoms with Gasteiger partial charge in [-0.15, -0.1) is 0 Å². The third-order valence-corrected chi connectivity index (χ3v) is 4.61. The first-order valence-corrected chi connectivity index (χ1v) is 7.83. The predicted molar refractivity (Wildman–Crippen MR) is 90.5 cm³/mol. The second-order valence-corrected chi connectivity index (χ2v) is 6.09. The van der Waals surface area contributed by atoms with Gasteiger partial charge in [0.15, 0.2) is 0 Å². The lowest BCUT2D eigenvalue weighted by Crippen LogP contribution is -2.41. The Morgan fingerprint density at radius 2 is 1.86 bits per heavy atom. The van der Waals surface area contributed by atoms with Crippen LogP contribution in [-0.2, 0) is 6.42 Å². The largest absolute Gasteiger partial charge is 0.324 e. The van der Waals surface area contributed by atoms with Crippen LogP contribution in [0.15, 0.2) is 48.5 Å². The van der Waals surface area contributed by atoms with E-state index < -0.39 is 0 Å². The van der Waals surface area contributed by atoms with E-state index in [0.29, 0.717) is 5.02 Å². The molecule has 0 unspecified atom stereocenters. The fraction of sp³-hybridized carbons (Fsp3) is 0.278. The summed E-state index contributed by atoms with van der Waals surface area (Å²) in [5.41, 5.74) is 3.35. The molecule has 3 nitrogen and oxygen atoms in total. The van der Waals surface area contributed by atoms with E-state index in [-0.39, 0.29) is 12.1 Å². The third kappa shape index (κ3) is 2.69. The number of benzene rings is 2. The van der Waals surface area contributed by atoms with Gasteiger partial charge in [-0.1, -0.05) is 41.9 Å². The number of anilines is 1. The topological polar surface area (TPSA) is 23.6 Å². The van der Waals surface area contributed by atoms with Gasteiger partial charge < -0.3 is 4.90 Å². The third-order valence-electron chi connectivity index (χ3n) is 4.35. The van der Waals surface area contributed by atoms with Crippen molar-refractivity contribution in [2.75, 3.05) is 18.5 Å². The van der Waals surface area contributed by atoms with E-state index in [4.69, 9.17) is 11.6 Å². The lowest BCUT2D eigenvalue weighted by molar-refractivity contribution is 0.202. The molecule has 3 rings (SSSR count). The molecule has 0 aliphatic carbocycles. The molecule has 2 aromatic carbocycles. The highest BCUT2D eigenvalue weighted by molar-refractivity contribution is 6.30. The molecule has 4 heteroatoms. The van der Waals surface area contributed by atoms with Crippen LogP contribution in [0.4, 0.5) is 10.5 Å². The molecular formula is C18H19ClN2O. The molecule has 0 N–H and O–H groups in total. The predicted octanol–water partition coefficient (Wildman–Crippen LogP) is 4.52. The number of halogens is 1. The molecule has 2 aromatic rings. The zero-order valence-electron chi connectivity index (χ0n) is 12.8. The summed E-state index contributed by atoms with van der Waals surface area (Å²) in [5, 5.41) is 0.707. The van der Waals surface area contributed by atoms with Gasteiger partial charge in [-0.05, 0) is 42.7 Å². The van der Waals surface area contributed by atoms with Crippen molar-refractivity contribution in [3.05, 3.63) is 64.7 Å². The zero-order valence-corrected chi connectivity index (χ0v) is 13.5. The molecule has 22 heavy (non-hydrogen) atoms. The average Bonchev–Trinajstić information content (AvgIpc) is 2.97. The molecule has 1 heterocycles. The number of para-hydroxylation sites is 1. The Morgan fingerprint density at radius 1 is 1.18 bits per heavy atom. The summed E-state index contributed by atoms with van der Waals surface area (Å²) < 4.78 is 0. The smallest absolute Gasteiger partial charge is 0.321 e. The summed E-state index contributed by atoms with van der Waals surface area (Å²) in [6.45, 7) is 2.78. The van der Waals surface area contributed by atoms with E-state index in [1.54, 1.807) is 4.90 Å². The van der Waals surface area contributed by atoms with E-state index in [0.717, 1.165) is 24.2 Å². The van der Waals surface area contributed by atoms with E-state index in [9.17, 15) is 4.79 Å². The van der Waals surface area contributed by atoms with Gasteiger partial charge in [0.2, 0.25) is 0 Å². The second kappa shape index (κ2) is 6.01. The lowest BCUT2D eigenvalue weighted by Gasteiger charge is -2.30. The van der Waals surface area contributed by atoms with Gasteiger partial charge in [0.05, 0.1) is 6.04 Å². The lowest BCUT2D eigenvalue weighted by atomic mass is 10.1. The highest BCUT2D eigenvalue weighted by Crippen LogP contribution is 2.30. The Bertz CT molecular complexity index is 684. The van der Waals surface area contributed by atoms with Gasteiger partial charge in [-0.3, -0.25) is 4.90 Å². The van der Waals surface area contributed by atoms with Crippen LogP contribution in [0.1, 0.15) is 24.1 Å². The molecule has 1 atom stereocenters. The number of hydrogen-bond acceptors (Lipinski definition) is 1. The summed E-state index contributed by atoms with van der Waals surface area (Å²) in [6, 6.07) is 15.8. The van der Waals surface area contributed by atoms with Crippen LogP contribution >= 0.6 is 11.6 Å². The van der Waals surface area contributed by atoms with Crippen molar-refractivity contribution in [1.29, 1.82) is 0 Å². The molecule has 0 aromatic heterocycles. The molecule has 0 spiro atoms. The van der Waals surface area contributed by atoms with Gasteiger partial charge in [0.25, 0.3) is 0 Å². The van der Waals surface area contributed by atoms with E-state index >= 15 is 0 Å². The quantitative estimate of drug-likeness (QED) is 0.799. The standard InChI is InChI=1S/C18H19ClN2O/c1-13(14-7-9-16(19)10-8-14)20(2)18(22)21-12-11-15-5-3-4-6-17(15)21/h3-10,13H,11-12H2,1-2H3/t13-/m0/s1. The van der Waals surface area contributed by atoms with Gasteiger partial charge in [-0.25, -0.2) is 4.79 Å². The first kappa shape index (κ1) is 14.9. The van der Waals surface area contributed by atoms with Crippen LogP contribution < -0.4 is 4.90 Å². The highest BCUT2D eigenvalue weighted by atomic mass is 35.5.